The molecule has 2 N–H and O–H groups in total. The largest absolute Gasteiger partial charge is 0.337 e. The van der Waals surface area contributed by atoms with Gasteiger partial charge in [-0.1, -0.05) is 25.9 Å². The average Bonchev–Trinajstić information content (AvgIpc) is 3.26. The van der Waals surface area contributed by atoms with Crippen LogP contribution in [0.15, 0.2) is 16.8 Å². The molecule has 0 spiro atoms. The van der Waals surface area contributed by atoms with E-state index in [9.17, 15) is 4.79 Å². The summed E-state index contributed by atoms with van der Waals surface area (Å²) in [5.41, 5.74) is 0.896. The standard InChI is InChI=1S/C17H26N6O2/c1-11(14-20-15(22-25-14)17(2,3)4)19-16(24)23-9-5-6-12(10-23)13-7-8-18-21-13/h7-8,11-12H,5-6,9-10H2,1-4H3,(H,18,21)(H,19,24). The number of nitrogens with zero attached hydrogens (tertiary/aromatic N) is 4. The Labute approximate surface area is 147 Å². The molecular weight excluding hydrogens is 320 g/mol. The number of hydrogen-bond acceptors (Lipinski definition) is 5. The van der Waals surface area contributed by atoms with Crippen LogP contribution in [0.25, 0.3) is 0 Å². The highest BCUT2D eigenvalue weighted by Gasteiger charge is 2.28. The van der Waals surface area contributed by atoms with Crippen LogP contribution in [0.1, 0.15) is 69.9 Å². The highest BCUT2D eigenvalue weighted by molar-refractivity contribution is 5.74. The van der Waals surface area contributed by atoms with Gasteiger partial charge in [0.05, 0.1) is 0 Å². The normalized spacial score (nSPS) is 19.7. The fourth-order valence-corrected chi connectivity index (χ4v) is 2.96. The first-order valence-electron chi connectivity index (χ1n) is 8.73. The van der Waals surface area contributed by atoms with Crippen LogP contribution in [-0.2, 0) is 5.41 Å². The summed E-state index contributed by atoms with van der Waals surface area (Å²) in [7, 11) is 0. The van der Waals surface area contributed by atoms with E-state index in [1.54, 1.807) is 6.20 Å². The number of amides is 2. The van der Waals surface area contributed by atoms with Gasteiger partial charge in [-0.05, 0) is 25.8 Å². The monoisotopic (exact) mass is 346 g/mol. The lowest BCUT2D eigenvalue weighted by atomic mass is 9.95. The molecular formula is C17H26N6O2. The first-order valence-corrected chi connectivity index (χ1v) is 8.73. The van der Waals surface area contributed by atoms with Crippen LogP contribution in [0.4, 0.5) is 4.79 Å². The number of carbonyl (C=O) groups is 1. The SMILES string of the molecule is CC(NC(=O)N1CCCC(c2ccn[nH]2)C1)c1nc(C(C)(C)C)no1. The molecule has 136 valence electrons. The molecule has 3 rings (SSSR count). The van der Waals surface area contributed by atoms with Crippen molar-refractivity contribution >= 4 is 6.03 Å². The molecule has 2 atom stereocenters. The molecule has 0 radical (unpaired) electrons. The number of aromatic nitrogens is 4. The number of carbonyl (C=O) groups excluding carboxylic acids is 1. The topological polar surface area (TPSA) is 99.9 Å². The third-order valence-electron chi connectivity index (χ3n) is 4.49. The molecule has 1 aliphatic rings. The minimum atomic E-state index is -0.330. The fourth-order valence-electron chi connectivity index (χ4n) is 2.96. The van der Waals surface area contributed by atoms with E-state index < -0.39 is 0 Å². The molecule has 1 fully saturated rings. The molecule has 25 heavy (non-hydrogen) atoms. The number of piperidine rings is 1. The van der Waals surface area contributed by atoms with Gasteiger partial charge < -0.3 is 14.7 Å². The van der Waals surface area contributed by atoms with Gasteiger partial charge in [0.15, 0.2) is 5.82 Å². The van der Waals surface area contributed by atoms with Gasteiger partial charge >= 0.3 is 6.03 Å². The molecule has 2 amide bonds. The van der Waals surface area contributed by atoms with Crippen LogP contribution in [0.3, 0.4) is 0 Å². The second kappa shape index (κ2) is 6.85. The summed E-state index contributed by atoms with van der Waals surface area (Å²) in [6.07, 6.45) is 3.78. The van der Waals surface area contributed by atoms with Crippen LogP contribution in [-0.4, -0.2) is 44.4 Å². The number of H-pyrrole nitrogens is 1. The Bertz CT molecular complexity index is 703. The van der Waals surface area contributed by atoms with E-state index in [1.165, 1.54) is 0 Å². The Balaban J connectivity index is 1.60. The van der Waals surface area contributed by atoms with Crippen molar-refractivity contribution in [1.29, 1.82) is 0 Å². The molecule has 8 nitrogen and oxygen atoms in total. The second-order valence-electron chi connectivity index (χ2n) is 7.67. The van der Waals surface area contributed by atoms with E-state index >= 15 is 0 Å². The molecule has 1 aliphatic heterocycles. The van der Waals surface area contributed by atoms with Gasteiger partial charge in [-0.15, -0.1) is 0 Å². The number of hydrogen-bond donors (Lipinski definition) is 2. The summed E-state index contributed by atoms with van der Waals surface area (Å²) in [6.45, 7) is 9.35. The maximum absolute atomic E-state index is 12.6. The molecule has 0 saturated carbocycles. The van der Waals surface area contributed by atoms with Crippen LogP contribution >= 0.6 is 0 Å². The number of nitrogens with one attached hydrogen (secondary N) is 2. The van der Waals surface area contributed by atoms with E-state index in [4.69, 9.17) is 4.52 Å². The quantitative estimate of drug-likeness (QED) is 0.890. The van der Waals surface area contributed by atoms with Gasteiger partial charge in [-0.25, -0.2) is 4.79 Å². The lowest BCUT2D eigenvalue weighted by Crippen LogP contribution is -2.45. The highest BCUT2D eigenvalue weighted by atomic mass is 16.5. The average molecular weight is 346 g/mol. The zero-order valence-electron chi connectivity index (χ0n) is 15.2. The predicted molar refractivity (Wildman–Crippen MR) is 92.1 cm³/mol. The molecule has 0 bridgehead atoms. The van der Waals surface area contributed by atoms with Crippen molar-refractivity contribution < 1.29 is 9.32 Å². The van der Waals surface area contributed by atoms with Crippen LogP contribution in [0.5, 0.6) is 0 Å². The zero-order valence-corrected chi connectivity index (χ0v) is 15.2. The first kappa shape index (κ1) is 17.4. The van der Waals surface area contributed by atoms with Crippen molar-refractivity contribution in [2.75, 3.05) is 13.1 Å². The van der Waals surface area contributed by atoms with Crippen LogP contribution in [0.2, 0.25) is 0 Å². The molecule has 3 heterocycles. The van der Waals surface area contributed by atoms with Gasteiger partial charge in [0, 0.05) is 36.3 Å². The number of rotatable bonds is 3. The maximum atomic E-state index is 12.6. The summed E-state index contributed by atoms with van der Waals surface area (Å²) in [4.78, 5) is 18.9. The van der Waals surface area contributed by atoms with Gasteiger partial charge in [0.2, 0.25) is 5.89 Å². The molecule has 2 aromatic heterocycles. The van der Waals surface area contributed by atoms with Crippen LogP contribution < -0.4 is 5.32 Å². The van der Waals surface area contributed by atoms with E-state index in [1.807, 2.05) is 38.7 Å². The van der Waals surface area contributed by atoms with Gasteiger partial charge in [0.1, 0.15) is 6.04 Å². The lowest BCUT2D eigenvalue weighted by molar-refractivity contribution is 0.173. The lowest BCUT2D eigenvalue weighted by Gasteiger charge is -2.32. The van der Waals surface area contributed by atoms with Crippen molar-refractivity contribution in [2.24, 2.45) is 0 Å². The Morgan fingerprint density at radius 2 is 2.28 bits per heavy atom. The number of urea groups is 1. The summed E-state index contributed by atoms with van der Waals surface area (Å²) in [6, 6.07) is 1.54. The minimum Gasteiger partial charge on any atom is -0.337 e. The van der Waals surface area contributed by atoms with Crippen molar-refractivity contribution in [1.82, 2.24) is 30.6 Å². The maximum Gasteiger partial charge on any atom is 0.318 e. The van der Waals surface area contributed by atoms with Crippen molar-refractivity contribution in [3.63, 3.8) is 0 Å². The Morgan fingerprint density at radius 3 is 2.92 bits per heavy atom. The number of aromatic amines is 1. The van der Waals surface area contributed by atoms with E-state index in [0.717, 1.165) is 25.1 Å². The minimum absolute atomic E-state index is 0.104. The van der Waals surface area contributed by atoms with E-state index in [-0.39, 0.29) is 17.5 Å². The smallest absolute Gasteiger partial charge is 0.318 e. The third-order valence-corrected chi connectivity index (χ3v) is 4.49. The van der Waals surface area contributed by atoms with E-state index in [0.29, 0.717) is 24.2 Å². The van der Waals surface area contributed by atoms with E-state index in [2.05, 4.69) is 25.7 Å². The van der Waals surface area contributed by atoms with Gasteiger partial charge in [-0.3, -0.25) is 5.10 Å². The van der Waals surface area contributed by atoms with Crippen molar-refractivity contribution in [3.05, 3.63) is 29.7 Å². The Hall–Kier alpha value is -2.38. The molecule has 1 saturated heterocycles. The molecule has 8 heteroatoms. The summed E-state index contributed by atoms with van der Waals surface area (Å²) < 4.78 is 5.31. The molecule has 0 aliphatic carbocycles. The molecule has 2 unspecified atom stereocenters. The predicted octanol–water partition coefficient (Wildman–Crippen LogP) is 2.74. The Morgan fingerprint density at radius 1 is 1.48 bits per heavy atom. The van der Waals surface area contributed by atoms with Crippen molar-refractivity contribution in [3.8, 4) is 0 Å². The molecule has 2 aromatic rings. The summed E-state index contributed by atoms with van der Waals surface area (Å²) in [5, 5.41) is 14.0. The third kappa shape index (κ3) is 4.00. The number of likely N-dealkylation sites (tertiary alicyclic amines) is 1. The van der Waals surface area contributed by atoms with Gasteiger partial charge in [0.25, 0.3) is 0 Å². The molecule has 0 aromatic carbocycles. The zero-order chi connectivity index (χ0) is 18.0. The van der Waals surface area contributed by atoms with Crippen molar-refractivity contribution in [2.45, 2.75) is 57.9 Å². The highest BCUT2D eigenvalue weighted by Crippen LogP contribution is 2.26. The van der Waals surface area contributed by atoms with Gasteiger partial charge in [-0.2, -0.15) is 10.1 Å². The first-order chi connectivity index (χ1) is 11.8. The van der Waals surface area contributed by atoms with Crippen LogP contribution in [0, 0.1) is 0 Å². The Kier molecular flexibility index (Phi) is 4.78. The summed E-state index contributed by atoms with van der Waals surface area (Å²) >= 11 is 0. The fraction of sp³-hybridized carbons (Fsp3) is 0.647. The second-order valence-corrected chi connectivity index (χ2v) is 7.67. The summed E-state index contributed by atoms with van der Waals surface area (Å²) in [5.74, 6) is 1.37.